The number of unbranched alkanes of at least 4 members (excludes halogenated alkanes) is 13. The molecule has 0 atom stereocenters. The Morgan fingerprint density at radius 3 is 1.60 bits per heavy atom. The molecular formula is C25H45Cl2NO2. The van der Waals surface area contributed by atoms with E-state index in [1.54, 1.807) is 0 Å². The number of carboxylic acids is 1. The first-order chi connectivity index (χ1) is 13.7. The number of aliphatic carboxylic acids is 1. The molecule has 0 saturated carbocycles. The summed E-state index contributed by atoms with van der Waals surface area (Å²) in [5, 5.41) is 12.2. The van der Waals surface area contributed by atoms with Gasteiger partial charge in [0, 0.05) is 18.7 Å². The van der Waals surface area contributed by atoms with E-state index in [0.717, 1.165) is 17.8 Å². The molecule has 1 aromatic carbocycles. The molecule has 0 bridgehead atoms. The van der Waals surface area contributed by atoms with Crippen molar-refractivity contribution in [3.05, 3.63) is 29.8 Å². The van der Waals surface area contributed by atoms with Gasteiger partial charge < -0.3 is 10.4 Å². The molecule has 0 heterocycles. The zero-order valence-corrected chi connectivity index (χ0v) is 20.6. The van der Waals surface area contributed by atoms with E-state index in [1.165, 1.54) is 89.9 Å². The molecule has 5 heteroatoms. The Kier molecular flexibility index (Phi) is 23.7. The number of carboxylic acid groups (broad SMARTS) is 1. The second-order valence-electron chi connectivity index (χ2n) is 8.11. The van der Waals surface area contributed by atoms with Gasteiger partial charge in [-0.1, -0.05) is 103 Å². The van der Waals surface area contributed by atoms with Crippen LogP contribution in [0.4, 0.5) is 5.69 Å². The zero-order chi connectivity index (χ0) is 20.3. The Bertz CT molecular complexity index is 494. The SMILES string of the molecule is CCCCCCCCCCCCCCCCNc1ccc(CCC(=O)O)cc1.Cl.Cl. The van der Waals surface area contributed by atoms with Gasteiger partial charge in [-0.15, -0.1) is 24.8 Å². The molecule has 0 spiro atoms. The minimum Gasteiger partial charge on any atom is -0.481 e. The number of hydrogen-bond acceptors (Lipinski definition) is 2. The molecule has 30 heavy (non-hydrogen) atoms. The van der Waals surface area contributed by atoms with Crippen LogP contribution in [0.3, 0.4) is 0 Å². The maximum atomic E-state index is 10.6. The molecule has 176 valence electrons. The fraction of sp³-hybridized carbons (Fsp3) is 0.720. The maximum Gasteiger partial charge on any atom is 0.303 e. The molecule has 0 fully saturated rings. The zero-order valence-electron chi connectivity index (χ0n) is 19.0. The van der Waals surface area contributed by atoms with Gasteiger partial charge in [0.1, 0.15) is 0 Å². The van der Waals surface area contributed by atoms with Gasteiger partial charge in [0.25, 0.3) is 0 Å². The van der Waals surface area contributed by atoms with Crippen LogP contribution in [0.25, 0.3) is 0 Å². The molecule has 0 unspecified atom stereocenters. The molecule has 0 aromatic heterocycles. The van der Waals surface area contributed by atoms with Gasteiger partial charge in [-0.25, -0.2) is 0 Å². The van der Waals surface area contributed by atoms with Crippen molar-refractivity contribution in [3.63, 3.8) is 0 Å². The third-order valence-corrected chi connectivity index (χ3v) is 5.44. The molecule has 0 aliphatic carbocycles. The lowest BCUT2D eigenvalue weighted by atomic mass is 10.0. The van der Waals surface area contributed by atoms with Crippen LogP contribution in [0.15, 0.2) is 24.3 Å². The largest absolute Gasteiger partial charge is 0.481 e. The fourth-order valence-corrected chi connectivity index (χ4v) is 3.59. The Morgan fingerprint density at radius 1 is 0.733 bits per heavy atom. The lowest BCUT2D eigenvalue weighted by Gasteiger charge is -2.07. The monoisotopic (exact) mass is 461 g/mol. The summed E-state index contributed by atoms with van der Waals surface area (Å²) in [6.45, 7) is 3.30. The van der Waals surface area contributed by atoms with Gasteiger partial charge in [0.15, 0.2) is 0 Å². The number of aryl methyl sites for hydroxylation is 1. The summed E-state index contributed by atoms with van der Waals surface area (Å²) < 4.78 is 0. The van der Waals surface area contributed by atoms with E-state index in [-0.39, 0.29) is 31.2 Å². The van der Waals surface area contributed by atoms with Gasteiger partial charge in [-0.3, -0.25) is 4.79 Å². The van der Waals surface area contributed by atoms with E-state index >= 15 is 0 Å². The number of carbonyl (C=O) groups is 1. The number of benzene rings is 1. The average Bonchev–Trinajstić information content (AvgIpc) is 2.70. The predicted octanol–water partition coefficient (Wildman–Crippen LogP) is 8.44. The van der Waals surface area contributed by atoms with Crippen LogP contribution in [0.2, 0.25) is 0 Å². The van der Waals surface area contributed by atoms with E-state index in [9.17, 15) is 4.79 Å². The molecule has 1 aromatic rings. The molecule has 0 aliphatic rings. The second kappa shape index (κ2) is 22.7. The minimum absolute atomic E-state index is 0. The second-order valence-corrected chi connectivity index (χ2v) is 8.11. The number of halogens is 2. The summed E-state index contributed by atoms with van der Waals surface area (Å²) in [4.78, 5) is 10.6. The summed E-state index contributed by atoms with van der Waals surface area (Å²) in [7, 11) is 0. The standard InChI is InChI=1S/C25H43NO2.2ClH/c1-2-3-4-5-6-7-8-9-10-11-12-13-14-15-22-26-24-19-16-23(17-20-24)18-21-25(27)28;;/h16-17,19-20,26H,2-15,18,21-22H2,1H3,(H,27,28);2*1H. The van der Waals surface area contributed by atoms with E-state index in [4.69, 9.17) is 5.11 Å². The smallest absolute Gasteiger partial charge is 0.303 e. The third kappa shape index (κ3) is 19.1. The van der Waals surface area contributed by atoms with Gasteiger partial charge >= 0.3 is 5.97 Å². The molecule has 3 nitrogen and oxygen atoms in total. The summed E-state index contributed by atoms with van der Waals surface area (Å²) in [6.07, 6.45) is 20.3. The van der Waals surface area contributed by atoms with Crippen molar-refractivity contribution in [1.82, 2.24) is 0 Å². The van der Waals surface area contributed by atoms with Crippen LogP contribution in [0.1, 0.15) is 109 Å². The van der Waals surface area contributed by atoms with Crippen molar-refractivity contribution in [1.29, 1.82) is 0 Å². The number of anilines is 1. The van der Waals surface area contributed by atoms with Crippen molar-refractivity contribution >= 4 is 36.5 Å². The fourth-order valence-electron chi connectivity index (χ4n) is 3.59. The van der Waals surface area contributed by atoms with Gasteiger partial charge in [0.2, 0.25) is 0 Å². The molecule has 0 amide bonds. The Hall–Kier alpha value is -0.930. The van der Waals surface area contributed by atoms with Crippen molar-refractivity contribution < 1.29 is 9.90 Å². The molecular weight excluding hydrogens is 417 g/mol. The third-order valence-electron chi connectivity index (χ3n) is 5.44. The van der Waals surface area contributed by atoms with Gasteiger partial charge in [-0.05, 0) is 30.5 Å². The highest BCUT2D eigenvalue weighted by Gasteiger charge is 1.99. The molecule has 0 saturated heterocycles. The van der Waals surface area contributed by atoms with Gasteiger partial charge in [-0.2, -0.15) is 0 Å². The highest BCUT2D eigenvalue weighted by atomic mass is 35.5. The highest BCUT2D eigenvalue weighted by Crippen LogP contribution is 2.14. The molecule has 1 rings (SSSR count). The maximum absolute atomic E-state index is 10.6. The van der Waals surface area contributed by atoms with Crippen LogP contribution in [0.5, 0.6) is 0 Å². The normalized spacial score (nSPS) is 10.2. The first-order valence-electron chi connectivity index (χ1n) is 11.8. The number of rotatable bonds is 19. The summed E-state index contributed by atoms with van der Waals surface area (Å²) in [6, 6.07) is 8.16. The summed E-state index contributed by atoms with van der Waals surface area (Å²) >= 11 is 0. The Labute approximate surface area is 197 Å². The Balaban J connectivity index is 0. The minimum atomic E-state index is -0.736. The lowest BCUT2D eigenvalue weighted by Crippen LogP contribution is -2.02. The topological polar surface area (TPSA) is 49.3 Å². The predicted molar refractivity (Wildman–Crippen MR) is 136 cm³/mol. The van der Waals surface area contributed by atoms with Crippen molar-refractivity contribution in [2.45, 2.75) is 110 Å². The van der Waals surface area contributed by atoms with Crippen molar-refractivity contribution in [2.75, 3.05) is 11.9 Å². The van der Waals surface area contributed by atoms with Crippen LogP contribution in [0, 0.1) is 0 Å². The number of hydrogen-bond donors (Lipinski definition) is 2. The quantitative estimate of drug-likeness (QED) is 0.203. The highest BCUT2D eigenvalue weighted by molar-refractivity contribution is 5.85. The van der Waals surface area contributed by atoms with E-state index in [0.29, 0.717) is 6.42 Å². The lowest BCUT2D eigenvalue weighted by molar-refractivity contribution is -0.136. The van der Waals surface area contributed by atoms with Crippen LogP contribution < -0.4 is 5.32 Å². The van der Waals surface area contributed by atoms with E-state index < -0.39 is 5.97 Å². The van der Waals surface area contributed by atoms with E-state index in [1.807, 2.05) is 12.1 Å². The van der Waals surface area contributed by atoms with Crippen LogP contribution in [-0.4, -0.2) is 17.6 Å². The summed E-state index contributed by atoms with van der Waals surface area (Å²) in [5.74, 6) is -0.736. The first-order valence-corrected chi connectivity index (χ1v) is 11.8. The van der Waals surface area contributed by atoms with E-state index in [2.05, 4.69) is 24.4 Å². The van der Waals surface area contributed by atoms with Gasteiger partial charge in [0.05, 0.1) is 0 Å². The van der Waals surface area contributed by atoms with Crippen molar-refractivity contribution in [2.24, 2.45) is 0 Å². The number of nitrogens with one attached hydrogen (secondary N) is 1. The molecule has 0 radical (unpaired) electrons. The van der Waals surface area contributed by atoms with Crippen LogP contribution >= 0.6 is 24.8 Å². The average molecular weight is 463 g/mol. The molecule has 2 N–H and O–H groups in total. The molecule has 0 aliphatic heterocycles. The summed E-state index contributed by atoms with van der Waals surface area (Å²) in [5.41, 5.74) is 2.22. The van der Waals surface area contributed by atoms with Crippen molar-refractivity contribution in [3.8, 4) is 0 Å². The Morgan fingerprint density at radius 2 is 1.17 bits per heavy atom. The first kappa shape index (κ1) is 31.3. The van der Waals surface area contributed by atoms with Crippen LogP contribution in [-0.2, 0) is 11.2 Å².